The van der Waals surface area contributed by atoms with Gasteiger partial charge < -0.3 is 10.1 Å². The van der Waals surface area contributed by atoms with Gasteiger partial charge in [-0.3, -0.25) is 4.90 Å². The maximum atomic E-state index is 5.22. The minimum absolute atomic E-state index is 0.389. The first-order valence-electron chi connectivity index (χ1n) is 7.55. The summed E-state index contributed by atoms with van der Waals surface area (Å²) in [5.74, 6) is 0.543. The number of hydrogen-bond donors (Lipinski definition) is 1. The van der Waals surface area contributed by atoms with Crippen molar-refractivity contribution in [3.05, 3.63) is 35.9 Å². The Hall–Kier alpha value is -0.900. The fourth-order valence-corrected chi connectivity index (χ4v) is 2.68. The van der Waals surface area contributed by atoms with Crippen molar-refractivity contribution < 1.29 is 4.74 Å². The molecule has 3 heteroatoms. The van der Waals surface area contributed by atoms with E-state index in [4.69, 9.17) is 4.74 Å². The predicted molar refractivity (Wildman–Crippen MR) is 86.0 cm³/mol. The van der Waals surface area contributed by atoms with Gasteiger partial charge in [0.25, 0.3) is 0 Å². The van der Waals surface area contributed by atoms with E-state index in [9.17, 15) is 0 Å². The van der Waals surface area contributed by atoms with Crippen LogP contribution in [-0.2, 0) is 4.74 Å². The van der Waals surface area contributed by atoms with Crippen molar-refractivity contribution in [3.63, 3.8) is 0 Å². The summed E-state index contributed by atoms with van der Waals surface area (Å²) in [5.41, 5.74) is 1.36. The topological polar surface area (TPSA) is 24.5 Å². The number of benzene rings is 1. The summed E-state index contributed by atoms with van der Waals surface area (Å²) in [6.45, 7) is 9.67. The first-order valence-corrected chi connectivity index (χ1v) is 7.55. The molecule has 20 heavy (non-hydrogen) atoms. The molecule has 0 aliphatic heterocycles. The molecular weight excluding hydrogens is 248 g/mol. The highest BCUT2D eigenvalue weighted by atomic mass is 16.5. The highest BCUT2D eigenvalue weighted by Crippen LogP contribution is 2.22. The molecule has 0 bridgehead atoms. The lowest BCUT2D eigenvalue weighted by Gasteiger charge is -2.33. The summed E-state index contributed by atoms with van der Waals surface area (Å²) in [5, 5.41) is 3.46. The summed E-state index contributed by atoms with van der Waals surface area (Å²) in [4.78, 5) is 2.49. The lowest BCUT2D eigenvalue weighted by Crippen LogP contribution is -2.40. The van der Waals surface area contributed by atoms with E-state index in [1.165, 1.54) is 5.56 Å². The van der Waals surface area contributed by atoms with Gasteiger partial charge in [0.15, 0.2) is 0 Å². The van der Waals surface area contributed by atoms with Gasteiger partial charge in [-0.2, -0.15) is 0 Å². The Morgan fingerprint density at radius 1 is 1.15 bits per heavy atom. The molecule has 114 valence electrons. The van der Waals surface area contributed by atoms with Crippen LogP contribution in [0.4, 0.5) is 0 Å². The van der Waals surface area contributed by atoms with E-state index in [2.05, 4.69) is 61.3 Å². The number of nitrogens with zero attached hydrogens (tertiary/aromatic N) is 1. The zero-order chi connectivity index (χ0) is 15.0. The highest BCUT2D eigenvalue weighted by molar-refractivity contribution is 5.19. The van der Waals surface area contributed by atoms with Gasteiger partial charge in [0.2, 0.25) is 0 Å². The molecule has 0 heterocycles. The van der Waals surface area contributed by atoms with E-state index in [0.29, 0.717) is 18.0 Å². The van der Waals surface area contributed by atoms with Gasteiger partial charge >= 0.3 is 0 Å². The molecule has 1 aromatic rings. The molecule has 0 aromatic heterocycles. The van der Waals surface area contributed by atoms with Crippen molar-refractivity contribution in [2.75, 3.05) is 33.9 Å². The van der Waals surface area contributed by atoms with Crippen molar-refractivity contribution in [2.45, 2.75) is 32.9 Å². The molecule has 0 aliphatic carbocycles. The van der Waals surface area contributed by atoms with Crippen LogP contribution in [0, 0.1) is 5.92 Å². The number of nitrogens with one attached hydrogen (secondary N) is 1. The zero-order valence-corrected chi connectivity index (χ0v) is 13.6. The van der Waals surface area contributed by atoms with Crippen LogP contribution in [0.2, 0.25) is 0 Å². The van der Waals surface area contributed by atoms with E-state index in [-0.39, 0.29) is 0 Å². The maximum absolute atomic E-state index is 5.22. The lowest BCUT2D eigenvalue weighted by molar-refractivity contribution is 0.112. The molecule has 1 N–H and O–H groups in total. The third-order valence-corrected chi connectivity index (χ3v) is 3.87. The average Bonchev–Trinajstić information content (AvgIpc) is 2.45. The van der Waals surface area contributed by atoms with Gasteiger partial charge in [0.1, 0.15) is 0 Å². The first-order chi connectivity index (χ1) is 9.60. The highest BCUT2D eigenvalue weighted by Gasteiger charge is 2.21. The van der Waals surface area contributed by atoms with Crippen LogP contribution in [0.5, 0.6) is 0 Å². The van der Waals surface area contributed by atoms with E-state index in [0.717, 1.165) is 19.7 Å². The molecule has 0 saturated carbocycles. The molecule has 0 aliphatic rings. The van der Waals surface area contributed by atoms with Crippen molar-refractivity contribution in [1.29, 1.82) is 0 Å². The van der Waals surface area contributed by atoms with Gasteiger partial charge in [0, 0.05) is 32.3 Å². The van der Waals surface area contributed by atoms with E-state index in [1.54, 1.807) is 7.11 Å². The van der Waals surface area contributed by atoms with Gasteiger partial charge in [-0.25, -0.2) is 0 Å². The Bertz CT molecular complexity index is 353. The Morgan fingerprint density at radius 3 is 2.30 bits per heavy atom. The predicted octanol–water partition coefficient (Wildman–Crippen LogP) is 2.94. The molecule has 0 amide bonds. The standard InChI is InChI=1S/C17H30N2O/c1-14(2)19(11-12-20-5)13-15(3)17(18-4)16-9-7-6-8-10-16/h6-10,14-15,17-18H,11-13H2,1-5H3. The fraction of sp³-hybridized carbons (Fsp3) is 0.647. The van der Waals surface area contributed by atoms with Gasteiger partial charge in [-0.15, -0.1) is 0 Å². The lowest BCUT2D eigenvalue weighted by atomic mass is 9.94. The molecular formula is C17H30N2O. The van der Waals surface area contributed by atoms with Crippen molar-refractivity contribution >= 4 is 0 Å². The second kappa shape index (κ2) is 9.11. The molecule has 1 rings (SSSR count). The summed E-state index contributed by atoms with van der Waals surface area (Å²) >= 11 is 0. The molecule has 3 nitrogen and oxygen atoms in total. The maximum Gasteiger partial charge on any atom is 0.0589 e. The number of rotatable bonds is 9. The molecule has 0 saturated heterocycles. The summed E-state index contributed by atoms with van der Waals surface area (Å²) < 4.78 is 5.22. The minimum atomic E-state index is 0.389. The summed E-state index contributed by atoms with van der Waals surface area (Å²) in [6.07, 6.45) is 0. The Kier molecular flexibility index (Phi) is 7.82. The van der Waals surface area contributed by atoms with E-state index in [1.807, 2.05) is 7.05 Å². The van der Waals surface area contributed by atoms with E-state index >= 15 is 0 Å². The van der Waals surface area contributed by atoms with Crippen molar-refractivity contribution in [1.82, 2.24) is 10.2 Å². The van der Waals surface area contributed by atoms with Crippen LogP contribution >= 0.6 is 0 Å². The third-order valence-electron chi connectivity index (χ3n) is 3.87. The molecule has 0 spiro atoms. The fourth-order valence-electron chi connectivity index (χ4n) is 2.68. The largest absolute Gasteiger partial charge is 0.383 e. The first kappa shape index (κ1) is 17.2. The third kappa shape index (κ3) is 5.23. The molecule has 2 unspecified atom stereocenters. The van der Waals surface area contributed by atoms with Crippen LogP contribution < -0.4 is 5.32 Å². The normalized spacial score (nSPS) is 14.8. The Labute approximate surface area is 124 Å². The number of methoxy groups -OCH3 is 1. The second-order valence-electron chi connectivity index (χ2n) is 5.74. The quantitative estimate of drug-likeness (QED) is 0.751. The monoisotopic (exact) mass is 278 g/mol. The summed E-state index contributed by atoms with van der Waals surface area (Å²) in [7, 11) is 3.81. The molecule has 0 fully saturated rings. The Morgan fingerprint density at radius 2 is 1.80 bits per heavy atom. The van der Waals surface area contributed by atoms with Crippen molar-refractivity contribution in [2.24, 2.45) is 5.92 Å². The molecule has 0 radical (unpaired) electrons. The van der Waals surface area contributed by atoms with Crippen LogP contribution in [-0.4, -0.2) is 44.8 Å². The van der Waals surface area contributed by atoms with Crippen molar-refractivity contribution in [3.8, 4) is 0 Å². The number of hydrogen-bond acceptors (Lipinski definition) is 3. The SMILES string of the molecule is CNC(c1ccccc1)C(C)CN(CCOC)C(C)C. The summed E-state index contributed by atoms with van der Waals surface area (Å²) in [6, 6.07) is 11.6. The van der Waals surface area contributed by atoms with Gasteiger partial charge in [0.05, 0.1) is 6.61 Å². The minimum Gasteiger partial charge on any atom is -0.383 e. The Balaban J connectivity index is 2.68. The molecule has 2 atom stereocenters. The van der Waals surface area contributed by atoms with Crippen LogP contribution in [0.25, 0.3) is 0 Å². The molecule has 1 aromatic carbocycles. The second-order valence-corrected chi connectivity index (χ2v) is 5.74. The van der Waals surface area contributed by atoms with Gasteiger partial charge in [-0.1, -0.05) is 37.3 Å². The van der Waals surface area contributed by atoms with Gasteiger partial charge in [-0.05, 0) is 32.4 Å². The van der Waals surface area contributed by atoms with Crippen LogP contribution in [0.3, 0.4) is 0 Å². The average molecular weight is 278 g/mol. The van der Waals surface area contributed by atoms with E-state index < -0.39 is 0 Å². The smallest absolute Gasteiger partial charge is 0.0589 e. The van der Waals surface area contributed by atoms with Crippen LogP contribution in [0.15, 0.2) is 30.3 Å². The number of ether oxygens (including phenoxy) is 1. The zero-order valence-electron chi connectivity index (χ0n) is 13.6. The van der Waals surface area contributed by atoms with Crippen LogP contribution in [0.1, 0.15) is 32.4 Å².